The highest BCUT2D eigenvalue weighted by molar-refractivity contribution is 5.82. The molecule has 1 unspecified atom stereocenters. The van der Waals surface area contributed by atoms with E-state index in [1.807, 2.05) is 6.20 Å². The molecule has 2 bridgehead atoms. The number of hydrogen-bond donors (Lipinski definition) is 0. The zero-order chi connectivity index (χ0) is 24.4. The van der Waals surface area contributed by atoms with Gasteiger partial charge in [-0.2, -0.15) is 0 Å². The maximum Gasteiger partial charge on any atom is 0.135 e. The van der Waals surface area contributed by atoms with Gasteiger partial charge in [0.2, 0.25) is 0 Å². The van der Waals surface area contributed by atoms with Gasteiger partial charge >= 0.3 is 0 Å². The molecule has 0 N–H and O–H groups in total. The molecule has 4 aromatic rings. The van der Waals surface area contributed by atoms with Gasteiger partial charge in [-0.1, -0.05) is 84.9 Å². The number of para-hydroxylation sites is 1. The van der Waals surface area contributed by atoms with E-state index in [0.29, 0.717) is 24.5 Å². The fraction of sp³-hybridized carbons (Fsp3) is 0.303. The summed E-state index contributed by atoms with van der Waals surface area (Å²) < 4.78 is 8.04. The zero-order valence-electron chi connectivity index (χ0n) is 20.9. The summed E-state index contributed by atoms with van der Waals surface area (Å²) in [5.41, 5.74) is 4.94. The number of piperidine rings is 3. The van der Waals surface area contributed by atoms with Crippen LogP contribution in [-0.2, 0) is 17.9 Å². The van der Waals surface area contributed by atoms with Crippen LogP contribution < -0.4 is 0 Å². The van der Waals surface area contributed by atoms with E-state index in [2.05, 4.69) is 109 Å². The van der Waals surface area contributed by atoms with Gasteiger partial charge in [0.1, 0.15) is 18.7 Å². The van der Waals surface area contributed by atoms with Crippen molar-refractivity contribution in [3.05, 3.63) is 127 Å². The summed E-state index contributed by atoms with van der Waals surface area (Å²) in [5, 5.41) is 1.21. The van der Waals surface area contributed by atoms with E-state index in [4.69, 9.17) is 4.74 Å². The third kappa shape index (κ3) is 4.38. The third-order valence-corrected chi connectivity index (χ3v) is 8.63. The highest BCUT2D eigenvalue weighted by Gasteiger charge is 2.54. The van der Waals surface area contributed by atoms with Crippen LogP contribution in [0.3, 0.4) is 0 Å². The Hall–Kier alpha value is -3.27. The molecule has 36 heavy (non-hydrogen) atoms. The van der Waals surface area contributed by atoms with Crippen LogP contribution in [0.5, 0.6) is 0 Å². The summed E-state index contributed by atoms with van der Waals surface area (Å²) in [6.07, 6.45) is 6.61. The van der Waals surface area contributed by atoms with Gasteiger partial charge in [0, 0.05) is 35.9 Å². The number of quaternary nitrogens is 1. The number of aromatic nitrogens is 1. The molecule has 5 atom stereocenters. The summed E-state index contributed by atoms with van der Waals surface area (Å²) in [5.74, 6) is 1.25. The average Bonchev–Trinajstić information content (AvgIpc) is 2.94. The molecule has 0 radical (unpaired) electrons. The van der Waals surface area contributed by atoms with Gasteiger partial charge in [-0.05, 0) is 29.2 Å². The van der Waals surface area contributed by atoms with Crippen LogP contribution in [0.25, 0.3) is 10.9 Å². The summed E-state index contributed by atoms with van der Waals surface area (Å²) in [4.78, 5) is 4.67. The lowest BCUT2D eigenvalue weighted by atomic mass is 9.71. The van der Waals surface area contributed by atoms with Crippen molar-refractivity contribution in [2.24, 2.45) is 11.8 Å². The summed E-state index contributed by atoms with van der Waals surface area (Å²) in [6, 6.07) is 32.7. The Morgan fingerprint density at radius 1 is 0.917 bits per heavy atom. The Bertz CT molecular complexity index is 1320. The smallest absolute Gasteiger partial charge is 0.135 e. The number of fused-ring (bicyclic) bond motifs is 4. The van der Waals surface area contributed by atoms with Crippen LogP contribution in [0.1, 0.15) is 35.6 Å². The Labute approximate surface area is 214 Å². The molecule has 3 nitrogen and oxygen atoms in total. The number of nitrogens with zero attached hydrogens (tertiary/aromatic N) is 2. The quantitative estimate of drug-likeness (QED) is 0.200. The van der Waals surface area contributed by atoms with Gasteiger partial charge < -0.3 is 9.22 Å². The van der Waals surface area contributed by atoms with Crippen LogP contribution in [-0.4, -0.2) is 28.6 Å². The number of hydrogen-bond acceptors (Lipinski definition) is 2. The summed E-state index contributed by atoms with van der Waals surface area (Å²) in [6.45, 7) is 8.22. The molecular weight excluding hydrogens is 440 g/mol. The zero-order valence-corrected chi connectivity index (χ0v) is 20.9. The largest absolute Gasteiger partial charge is 0.363 e. The van der Waals surface area contributed by atoms with Crippen molar-refractivity contribution in [2.45, 2.75) is 38.1 Å². The second-order valence-electron chi connectivity index (χ2n) is 10.7. The van der Waals surface area contributed by atoms with E-state index in [0.717, 1.165) is 23.1 Å². The maximum absolute atomic E-state index is 6.98. The molecular formula is C33H35N2O+. The lowest BCUT2D eigenvalue weighted by molar-refractivity contribution is -0.985. The van der Waals surface area contributed by atoms with E-state index in [1.54, 1.807) is 0 Å². The molecule has 3 aliphatic heterocycles. The van der Waals surface area contributed by atoms with Gasteiger partial charge in [-0.15, -0.1) is 6.58 Å². The molecule has 7 rings (SSSR count). The minimum atomic E-state index is -0.00427. The Balaban J connectivity index is 1.44. The highest BCUT2D eigenvalue weighted by Crippen LogP contribution is 2.49. The standard InChI is InChI=1S/C33H35N2O/c1-2-27-23-35(22-25-11-5-3-6-12-25)20-18-28(27)21-32(35)33(36-24-26-13-7-4-8-14-26)30-17-19-34-31-16-10-9-15-29(30)31/h2-17,19,27-28,32-33H,1,18,20-24H2/q+1/t27-,28-,32-,33+,35?/m0/s1. The second kappa shape index (κ2) is 10.0. The van der Waals surface area contributed by atoms with Gasteiger partial charge in [-0.3, -0.25) is 4.98 Å². The van der Waals surface area contributed by atoms with Crippen molar-refractivity contribution in [1.29, 1.82) is 0 Å². The Morgan fingerprint density at radius 3 is 2.42 bits per heavy atom. The van der Waals surface area contributed by atoms with Crippen molar-refractivity contribution >= 4 is 10.9 Å². The van der Waals surface area contributed by atoms with E-state index >= 15 is 0 Å². The first kappa shape index (κ1) is 23.1. The normalized spacial score (nSPS) is 26.1. The van der Waals surface area contributed by atoms with Gasteiger partial charge in [-0.25, -0.2) is 0 Å². The maximum atomic E-state index is 6.98. The highest BCUT2D eigenvalue weighted by atomic mass is 16.5. The second-order valence-corrected chi connectivity index (χ2v) is 10.7. The topological polar surface area (TPSA) is 22.1 Å². The van der Waals surface area contributed by atoms with Gasteiger partial charge in [0.25, 0.3) is 0 Å². The number of benzene rings is 3. The minimum Gasteiger partial charge on any atom is -0.363 e. The number of rotatable bonds is 8. The molecule has 3 aliphatic rings. The fourth-order valence-corrected chi connectivity index (χ4v) is 6.85. The van der Waals surface area contributed by atoms with Crippen molar-refractivity contribution in [3.8, 4) is 0 Å². The van der Waals surface area contributed by atoms with E-state index in [-0.39, 0.29) is 6.10 Å². The van der Waals surface area contributed by atoms with Crippen molar-refractivity contribution in [3.63, 3.8) is 0 Å². The fourth-order valence-electron chi connectivity index (χ4n) is 6.85. The van der Waals surface area contributed by atoms with E-state index in [1.165, 1.54) is 41.5 Å². The molecule has 0 amide bonds. The Kier molecular flexibility index (Phi) is 6.43. The Morgan fingerprint density at radius 2 is 1.64 bits per heavy atom. The van der Waals surface area contributed by atoms with Crippen LogP contribution in [0.2, 0.25) is 0 Å². The number of pyridine rings is 1. The molecule has 3 heteroatoms. The molecule has 1 aromatic heterocycles. The van der Waals surface area contributed by atoms with Crippen LogP contribution in [0.15, 0.2) is 110 Å². The van der Waals surface area contributed by atoms with Gasteiger partial charge in [0.15, 0.2) is 0 Å². The monoisotopic (exact) mass is 475 g/mol. The first-order valence-electron chi connectivity index (χ1n) is 13.3. The lowest BCUT2D eigenvalue weighted by Gasteiger charge is -2.58. The molecule has 182 valence electrons. The molecule has 3 saturated heterocycles. The van der Waals surface area contributed by atoms with Crippen molar-refractivity contribution < 1.29 is 9.22 Å². The van der Waals surface area contributed by atoms with Crippen LogP contribution in [0.4, 0.5) is 0 Å². The van der Waals surface area contributed by atoms with Crippen LogP contribution >= 0.6 is 0 Å². The molecule has 3 fully saturated rings. The summed E-state index contributed by atoms with van der Waals surface area (Å²) in [7, 11) is 0. The molecule has 0 aliphatic carbocycles. The van der Waals surface area contributed by atoms with Crippen molar-refractivity contribution in [1.82, 2.24) is 4.98 Å². The lowest BCUT2D eigenvalue weighted by Crippen LogP contribution is -2.67. The van der Waals surface area contributed by atoms with E-state index in [9.17, 15) is 0 Å². The van der Waals surface area contributed by atoms with Gasteiger partial charge in [0.05, 0.1) is 25.2 Å². The minimum absolute atomic E-state index is 0.00427. The average molecular weight is 476 g/mol. The molecule has 4 heterocycles. The first-order chi connectivity index (χ1) is 17.8. The molecule has 3 aromatic carbocycles. The predicted octanol–water partition coefficient (Wildman–Crippen LogP) is 7.10. The summed E-state index contributed by atoms with van der Waals surface area (Å²) >= 11 is 0. The molecule has 0 spiro atoms. The SMILES string of the molecule is C=C[C@H]1C[N+]2(Cc3ccccc3)CC[C@H]1C[C@H]2[C@H](OCc1ccccc1)c1ccnc2ccccc12. The van der Waals surface area contributed by atoms with E-state index < -0.39 is 0 Å². The third-order valence-electron chi connectivity index (χ3n) is 8.63. The van der Waals surface area contributed by atoms with Crippen molar-refractivity contribution in [2.75, 3.05) is 13.1 Å². The first-order valence-corrected chi connectivity index (χ1v) is 13.3. The number of ether oxygens (including phenoxy) is 1. The van der Waals surface area contributed by atoms with Crippen LogP contribution in [0, 0.1) is 11.8 Å². The molecule has 0 saturated carbocycles. The predicted molar refractivity (Wildman–Crippen MR) is 146 cm³/mol.